The largest absolute Gasteiger partial charge is 0.459 e. The Balaban J connectivity index is 2.90. The second kappa shape index (κ2) is 5.11. The van der Waals surface area contributed by atoms with E-state index in [9.17, 15) is 4.79 Å². The molecule has 1 aromatic heterocycles. The van der Waals surface area contributed by atoms with E-state index in [1.54, 1.807) is 6.92 Å². The van der Waals surface area contributed by atoms with Gasteiger partial charge in [0.1, 0.15) is 0 Å². The molecule has 0 N–H and O–H groups in total. The first kappa shape index (κ1) is 12.0. The van der Waals surface area contributed by atoms with Gasteiger partial charge in [0.05, 0.1) is 17.4 Å². The van der Waals surface area contributed by atoms with Gasteiger partial charge in [0.15, 0.2) is 5.16 Å². The topological polar surface area (TPSA) is 52.1 Å². The fourth-order valence-electron chi connectivity index (χ4n) is 1.02. The van der Waals surface area contributed by atoms with Crippen LogP contribution in [0.3, 0.4) is 0 Å². The van der Waals surface area contributed by atoms with Crippen LogP contribution in [0, 0.1) is 6.92 Å². The van der Waals surface area contributed by atoms with Crippen molar-refractivity contribution >= 4 is 17.7 Å². The van der Waals surface area contributed by atoms with Crippen LogP contribution in [-0.2, 0) is 4.74 Å². The molecule has 0 saturated carbocycles. The van der Waals surface area contributed by atoms with Crippen molar-refractivity contribution in [2.24, 2.45) is 0 Å². The number of rotatable bonds is 3. The van der Waals surface area contributed by atoms with E-state index in [2.05, 4.69) is 9.97 Å². The summed E-state index contributed by atoms with van der Waals surface area (Å²) in [5.41, 5.74) is 1.08. The molecule has 0 spiro atoms. The van der Waals surface area contributed by atoms with Crippen molar-refractivity contribution in [2.45, 2.75) is 32.0 Å². The highest BCUT2D eigenvalue weighted by molar-refractivity contribution is 7.98. The molecule has 82 valence electrons. The monoisotopic (exact) mass is 226 g/mol. The van der Waals surface area contributed by atoms with Gasteiger partial charge in [-0.2, -0.15) is 0 Å². The van der Waals surface area contributed by atoms with Gasteiger partial charge in [0.25, 0.3) is 0 Å². The van der Waals surface area contributed by atoms with E-state index >= 15 is 0 Å². The highest BCUT2D eigenvalue weighted by Gasteiger charge is 2.14. The minimum atomic E-state index is -0.366. The molecular weight excluding hydrogens is 212 g/mol. The lowest BCUT2D eigenvalue weighted by Gasteiger charge is -2.09. The molecule has 15 heavy (non-hydrogen) atoms. The Morgan fingerprint density at radius 2 is 2.20 bits per heavy atom. The lowest BCUT2D eigenvalue weighted by molar-refractivity contribution is 0.0375. The first-order valence-corrected chi connectivity index (χ1v) is 5.85. The number of carbonyl (C=O) groups is 1. The van der Waals surface area contributed by atoms with E-state index in [0.29, 0.717) is 16.4 Å². The number of hydrogen-bond donors (Lipinski definition) is 0. The number of ether oxygens (including phenoxy) is 1. The molecule has 1 rings (SSSR count). The summed E-state index contributed by atoms with van der Waals surface area (Å²) in [6.45, 7) is 5.40. The van der Waals surface area contributed by atoms with Crippen molar-refractivity contribution in [3.8, 4) is 0 Å². The summed E-state index contributed by atoms with van der Waals surface area (Å²) in [6, 6.07) is 0. The summed E-state index contributed by atoms with van der Waals surface area (Å²) < 4.78 is 5.06. The molecule has 4 nitrogen and oxygen atoms in total. The Labute approximate surface area is 93.5 Å². The zero-order valence-electron chi connectivity index (χ0n) is 9.27. The Bertz CT molecular complexity index is 366. The standard InChI is InChI=1S/C10H14N2O2S/c1-6(2)14-9(13)8-5-11-10(15-4)12-7(8)3/h5-6H,1-4H3. The summed E-state index contributed by atoms with van der Waals surface area (Å²) in [5, 5.41) is 0.661. The quantitative estimate of drug-likeness (QED) is 0.448. The van der Waals surface area contributed by atoms with E-state index in [1.807, 2.05) is 20.1 Å². The van der Waals surface area contributed by atoms with Gasteiger partial charge in [0, 0.05) is 6.20 Å². The molecule has 0 atom stereocenters. The van der Waals surface area contributed by atoms with Gasteiger partial charge in [-0.05, 0) is 27.0 Å². The molecule has 0 fully saturated rings. The van der Waals surface area contributed by atoms with Crippen LogP contribution in [0.15, 0.2) is 11.4 Å². The molecule has 0 aliphatic rings. The van der Waals surface area contributed by atoms with Gasteiger partial charge in [0.2, 0.25) is 0 Å². The molecule has 0 unspecified atom stereocenters. The van der Waals surface area contributed by atoms with Gasteiger partial charge >= 0.3 is 5.97 Å². The van der Waals surface area contributed by atoms with Crippen LogP contribution < -0.4 is 0 Å². The zero-order chi connectivity index (χ0) is 11.4. The van der Waals surface area contributed by atoms with Crippen LogP contribution in [0.2, 0.25) is 0 Å². The van der Waals surface area contributed by atoms with E-state index in [4.69, 9.17) is 4.74 Å². The number of esters is 1. The predicted molar refractivity (Wildman–Crippen MR) is 59.1 cm³/mol. The second-order valence-electron chi connectivity index (χ2n) is 3.31. The van der Waals surface area contributed by atoms with E-state index in [-0.39, 0.29) is 12.1 Å². The van der Waals surface area contributed by atoms with Crippen LogP contribution >= 0.6 is 11.8 Å². The number of hydrogen-bond acceptors (Lipinski definition) is 5. The highest BCUT2D eigenvalue weighted by atomic mass is 32.2. The Morgan fingerprint density at radius 3 is 2.67 bits per heavy atom. The molecule has 0 amide bonds. The molecule has 0 aromatic carbocycles. The van der Waals surface area contributed by atoms with Crippen molar-refractivity contribution in [2.75, 3.05) is 6.26 Å². The first-order valence-electron chi connectivity index (χ1n) is 4.63. The maximum Gasteiger partial charge on any atom is 0.341 e. The molecule has 0 aliphatic carbocycles. The third-order valence-corrected chi connectivity index (χ3v) is 2.26. The zero-order valence-corrected chi connectivity index (χ0v) is 10.1. The number of carbonyl (C=O) groups excluding carboxylic acids is 1. The number of aryl methyl sites for hydroxylation is 1. The SMILES string of the molecule is CSc1ncc(C(=O)OC(C)C)c(C)n1. The average Bonchev–Trinajstić information content (AvgIpc) is 2.16. The lowest BCUT2D eigenvalue weighted by atomic mass is 10.2. The number of nitrogens with zero attached hydrogens (tertiary/aromatic N) is 2. The first-order chi connectivity index (χ1) is 7.04. The highest BCUT2D eigenvalue weighted by Crippen LogP contribution is 2.12. The third kappa shape index (κ3) is 3.20. The summed E-state index contributed by atoms with van der Waals surface area (Å²) in [6.07, 6.45) is 3.27. The van der Waals surface area contributed by atoms with Gasteiger partial charge in [-0.25, -0.2) is 14.8 Å². The van der Waals surface area contributed by atoms with Gasteiger partial charge in [-0.1, -0.05) is 11.8 Å². The Morgan fingerprint density at radius 1 is 1.53 bits per heavy atom. The summed E-state index contributed by atoms with van der Waals surface area (Å²) >= 11 is 1.44. The van der Waals surface area contributed by atoms with Gasteiger partial charge in [-0.3, -0.25) is 0 Å². The van der Waals surface area contributed by atoms with Crippen LogP contribution in [0.5, 0.6) is 0 Å². The summed E-state index contributed by atoms with van der Waals surface area (Å²) in [7, 11) is 0. The van der Waals surface area contributed by atoms with Crippen molar-refractivity contribution in [3.63, 3.8) is 0 Å². The fraction of sp³-hybridized carbons (Fsp3) is 0.500. The van der Waals surface area contributed by atoms with Crippen LogP contribution in [-0.4, -0.2) is 28.3 Å². The average molecular weight is 226 g/mol. The Kier molecular flexibility index (Phi) is 4.08. The van der Waals surface area contributed by atoms with E-state index in [0.717, 1.165) is 0 Å². The molecule has 0 bridgehead atoms. The van der Waals surface area contributed by atoms with Crippen molar-refractivity contribution in [1.29, 1.82) is 0 Å². The molecule has 0 saturated heterocycles. The van der Waals surface area contributed by atoms with Crippen molar-refractivity contribution in [3.05, 3.63) is 17.5 Å². The molecule has 1 aromatic rings. The van der Waals surface area contributed by atoms with Gasteiger partial charge < -0.3 is 4.74 Å². The van der Waals surface area contributed by atoms with Crippen molar-refractivity contribution < 1.29 is 9.53 Å². The Hall–Kier alpha value is -1.10. The van der Waals surface area contributed by atoms with Crippen molar-refractivity contribution in [1.82, 2.24) is 9.97 Å². The number of aromatic nitrogens is 2. The van der Waals surface area contributed by atoms with E-state index < -0.39 is 0 Å². The fourth-order valence-corrected chi connectivity index (χ4v) is 1.41. The molecule has 5 heteroatoms. The van der Waals surface area contributed by atoms with Crippen LogP contribution in [0.1, 0.15) is 29.9 Å². The lowest BCUT2D eigenvalue weighted by Crippen LogP contribution is -2.14. The minimum Gasteiger partial charge on any atom is -0.459 e. The van der Waals surface area contributed by atoms with Crippen LogP contribution in [0.25, 0.3) is 0 Å². The van der Waals surface area contributed by atoms with E-state index in [1.165, 1.54) is 18.0 Å². The smallest absolute Gasteiger partial charge is 0.341 e. The summed E-state index contributed by atoms with van der Waals surface area (Å²) in [5.74, 6) is -0.366. The molecular formula is C10H14N2O2S. The predicted octanol–water partition coefficient (Wildman–Crippen LogP) is 2.07. The normalized spacial score (nSPS) is 10.5. The third-order valence-electron chi connectivity index (χ3n) is 1.70. The number of thioether (sulfide) groups is 1. The molecule has 1 heterocycles. The molecule has 0 radical (unpaired) electrons. The maximum absolute atomic E-state index is 11.6. The minimum absolute atomic E-state index is 0.128. The van der Waals surface area contributed by atoms with Crippen LogP contribution in [0.4, 0.5) is 0 Å². The van der Waals surface area contributed by atoms with Gasteiger partial charge in [-0.15, -0.1) is 0 Å². The maximum atomic E-state index is 11.6. The summed E-state index contributed by atoms with van der Waals surface area (Å²) in [4.78, 5) is 19.8. The molecule has 0 aliphatic heterocycles. The second-order valence-corrected chi connectivity index (χ2v) is 4.08.